The van der Waals surface area contributed by atoms with Crippen LogP contribution in [0.4, 0.5) is 11.4 Å². The quantitative estimate of drug-likeness (QED) is 0.533. The van der Waals surface area contributed by atoms with Gasteiger partial charge in [-0.05, 0) is 61.7 Å². The first-order valence-electron chi connectivity index (χ1n) is 10.7. The molecule has 9 nitrogen and oxygen atoms in total. The maximum Gasteiger partial charge on any atom is 0.248 e. The zero-order valence-electron chi connectivity index (χ0n) is 19.2. The highest BCUT2D eigenvalue weighted by molar-refractivity contribution is 7.92. The number of carbonyl (C=O) groups excluding carboxylic acids is 1. The molecule has 0 radical (unpaired) electrons. The number of nitrogens with zero attached hydrogens (tertiary/aromatic N) is 2. The first-order valence-corrected chi connectivity index (χ1v) is 14.4. The van der Waals surface area contributed by atoms with Crippen molar-refractivity contribution in [3.05, 3.63) is 47.5 Å². The Morgan fingerprint density at radius 1 is 1.12 bits per heavy atom. The second-order valence-electron chi connectivity index (χ2n) is 7.92. The molecule has 12 heteroatoms. The number of hydrogen-bond acceptors (Lipinski definition) is 6. The molecular formula is C22H28ClN3O6S2. The van der Waals surface area contributed by atoms with Crippen molar-refractivity contribution in [3.63, 3.8) is 0 Å². The van der Waals surface area contributed by atoms with Gasteiger partial charge in [-0.1, -0.05) is 18.5 Å². The molecule has 1 fully saturated rings. The summed E-state index contributed by atoms with van der Waals surface area (Å²) in [5.74, 6) is -0.377. The highest BCUT2D eigenvalue weighted by atomic mass is 35.5. The molecule has 1 aliphatic heterocycles. The minimum absolute atomic E-state index is 0.0243. The number of sulfonamides is 2. The molecule has 1 amide bonds. The Morgan fingerprint density at radius 2 is 1.74 bits per heavy atom. The number of benzene rings is 2. The SMILES string of the molecule is CCC(C(=O)Nc1cc(S(=O)(=O)N2CCCC2)ccc1OC)N(c1ccc(Cl)cc1)S(C)(=O)=O. The molecule has 3 rings (SSSR count). The summed E-state index contributed by atoms with van der Waals surface area (Å²) in [6.45, 7) is 2.57. The summed E-state index contributed by atoms with van der Waals surface area (Å²) in [6.07, 6.45) is 2.77. The van der Waals surface area contributed by atoms with Crippen LogP contribution in [0.1, 0.15) is 26.2 Å². The molecule has 2 aromatic carbocycles. The van der Waals surface area contributed by atoms with Gasteiger partial charge in [-0.25, -0.2) is 16.8 Å². The minimum Gasteiger partial charge on any atom is -0.495 e. The smallest absolute Gasteiger partial charge is 0.248 e. The Bertz CT molecular complexity index is 1240. The van der Waals surface area contributed by atoms with Crippen LogP contribution in [0.25, 0.3) is 0 Å². The second kappa shape index (κ2) is 10.5. The van der Waals surface area contributed by atoms with Crippen molar-refractivity contribution in [2.45, 2.75) is 37.1 Å². The fourth-order valence-corrected chi connectivity index (χ4v) is 6.77. The molecule has 34 heavy (non-hydrogen) atoms. The minimum atomic E-state index is -3.84. The normalized spacial score (nSPS) is 15.6. The lowest BCUT2D eigenvalue weighted by atomic mass is 10.1. The first kappa shape index (κ1) is 26.3. The van der Waals surface area contributed by atoms with Crippen LogP contribution in [0.5, 0.6) is 5.75 Å². The standard InChI is InChI=1S/C22H28ClN3O6S2/c1-4-20(26(33(3,28)29)17-9-7-16(23)8-10-17)22(27)24-19-15-18(11-12-21(19)32-2)34(30,31)25-13-5-6-14-25/h7-12,15,20H,4-6,13-14H2,1-3H3,(H,24,27). The molecule has 0 saturated carbocycles. The fraction of sp³-hybridized carbons (Fsp3) is 0.409. The third kappa shape index (κ3) is 5.65. The molecule has 0 bridgehead atoms. The van der Waals surface area contributed by atoms with Crippen molar-refractivity contribution >= 4 is 48.9 Å². The average molecular weight is 530 g/mol. The van der Waals surface area contributed by atoms with Crippen molar-refractivity contribution in [3.8, 4) is 5.75 Å². The number of methoxy groups -OCH3 is 1. The maximum atomic E-state index is 13.3. The van der Waals surface area contributed by atoms with Gasteiger partial charge in [-0.2, -0.15) is 4.31 Å². The van der Waals surface area contributed by atoms with E-state index < -0.39 is 32.0 Å². The van der Waals surface area contributed by atoms with Crippen molar-refractivity contribution in [2.24, 2.45) is 0 Å². The van der Waals surface area contributed by atoms with Gasteiger partial charge >= 0.3 is 0 Å². The summed E-state index contributed by atoms with van der Waals surface area (Å²) >= 11 is 5.93. The molecular weight excluding hydrogens is 502 g/mol. The molecule has 0 aromatic heterocycles. The number of ether oxygens (including phenoxy) is 1. The van der Waals surface area contributed by atoms with Crippen LogP contribution in [-0.4, -0.2) is 59.5 Å². The largest absolute Gasteiger partial charge is 0.495 e. The van der Waals surface area contributed by atoms with Gasteiger partial charge in [-0.15, -0.1) is 0 Å². The first-order chi connectivity index (χ1) is 16.0. The van der Waals surface area contributed by atoms with E-state index in [-0.39, 0.29) is 28.4 Å². The zero-order chi connectivity index (χ0) is 25.1. The van der Waals surface area contributed by atoms with E-state index in [1.54, 1.807) is 6.92 Å². The van der Waals surface area contributed by atoms with E-state index in [1.165, 1.54) is 53.9 Å². The highest BCUT2D eigenvalue weighted by Gasteiger charge is 2.33. The molecule has 0 aliphatic carbocycles. The topological polar surface area (TPSA) is 113 Å². The van der Waals surface area contributed by atoms with E-state index in [0.29, 0.717) is 18.1 Å². The van der Waals surface area contributed by atoms with Crippen LogP contribution < -0.4 is 14.4 Å². The van der Waals surface area contributed by atoms with Gasteiger partial charge < -0.3 is 10.1 Å². The Balaban J connectivity index is 1.96. The van der Waals surface area contributed by atoms with Gasteiger partial charge in [0.2, 0.25) is 26.0 Å². The Morgan fingerprint density at radius 3 is 2.26 bits per heavy atom. The molecule has 1 saturated heterocycles. The fourth-order valence-electron chi connectivity index (χ4n) is 3.89. The molecule has 1 aliphatic rings. The zero-order valence-corrected chi connectivity index (χ0v) is 21.6. The van der Waals surface area contributed by atoms with Crippen LogP contribution in [0.15, 0.2) is 47.4 Å². The summed E-state index contributed by atoms with van der Waals surface area (Å²) < 4.78 is 59.0. The maximum absolute atomic E-state index is 13.3. The van der Waals surface area contributed by atoms with Crippen LogP contribution >= 0.6 is 11.6 Å². The lowest BCUT2D eigenvalue weighted by Gasteiger charge is -2.30. The third-order valence-electron chi connectivity index (χ3n) is 5.54. The number of carbonyl (C=O) groups is 1. The number of hydrogen-bond donors (Lipinski definition) is 1. The molecule has 0 spiro atoms. The van der Waals surface area contributed by atoms with Crippen LogP contribution in [0.2, 0.25) is 5.02 Å². The number of nitrogens with one attached hydrogen (secondary N) is 1. The number of anilines is 2. The van der Waals surface area contributed by atoms with Crippen LogP contribution in [-0.2, 0) is 24.8 Å². The summed E-state index contributed by atoms with van der Waals surface area (Å²) in [5.41, 5.74) is 0.419. The summed E-state index contributed by atoms with van der Waals surface area (Å²) in [4.78, 5) is 13.3. The summed E-state index contributed by atoms with van der Waals surface area (Å²) in [5, 5.41) is 3.10. The highest BCUT2D eigenvalue weighted by Crippen LogP contribution is 2.31. The van der Waals surface area contributed by atoms with E-state index >= 15 is 0 Å². The van der Waals surface area contributed by atoms with Crippen molar-refractivity contribution < 1.29 is 26.4 Å². The molecule has 1 heterocycles. The molecule has 1 unspecified atom stereocenters. The van der Waals surface area contributed by atoms with E-state index in [9.17, 15) is 21.6 Å². The molecule has 186 valence electrons. The predicted molar refractivity (Wildman–Crippen MR) is 132 cm³/mol. The van der Waals surface area contributed by atoms with E-state index in [0.717, 1.165) is 23.4 Å². The van der Waals surface area contributed by atoms with Crippen LogP contribution in [0, 0.1) is 0 Å². The molecule has 1 N–H and O–H groups in total. The van der Waals surface area contributed by atoms with E-state index in [4.69, 9.17) is 16.3 Å². The molecule has 1 atom stereocenters. The molecule has 2 aromatic rings. The van der Waals surface area contributed by atoms with Gasteiger partial charge in [-0.3, -0.25) is 9.10 Å². The van der Waals surface area contributed by atoms with Gasteiger partial charge in [0, 0.05) is 18.1 Å². The lowest BCUT2D eigenvalue weighted by Crippen LogP contribution is -2.47. The van der Waals surface area contributed by atoms with Gasteiger partial charge in [0.25, 0.3) is 0 Å². The Hall–Kier alpha value is -2.34. The predicted octanol–water partition coefficient (Wildman–Crippen LogP) is 3.32. The average Bonchev–Trinajstić information content (AvgIpc) is 3.33. The van der Waals surface area contributed by atoms with Crippen molar-refractivity contribution in [1.82, 2.24) is 4.31 Å². The summed E-state index contributed by atoms with van der Waals surface area (Å²) in [7, 11) is -6.17. The second-order valence-corrected chi connectivity index (χ2v) is 12.2. The van der Waals surface area contributed by atoms with Gasteiger partial charge in [0.05, 0.1) is 29.6 Å². The third-order valence-corrected chi connectivity index (χ3v) is 8.87. The lowest BCUT2D eigenvalue weighted by molar-refractivity contribution is -0.117. The Labute approximate surface area is 205 Å². The van der Waals surface area contributed by atoms with Crippen molar-refractivity contribution in [2.75, 3.05) is 36.1 Å². The monoisotopic (exact) mass is 529 g/mol. The van der Waals surface area contributed by atoms with Crippen molar-refractivity contribution in [1.29, 1.82) is 0 Å². The Kier molecular flexibility index (Phi) is 8.12. The van der Waals surface area contributed by atoms with E-state index in [2.05, 4.69) is 5.32 Å². The van der Waals surface area contributed by atoms with Crippen LogP contribution in [0.3, 0.4) is 0 Å². The number of halogens is 1. The van der Waals surface area contributed by atoms with E-state index in [1.807, 2.05) is 0 Å². The summed E-state index contributed by atoms with van der Waals surface area (Å²) in [6, 6.07) is 9.24. The van der Waals surface area contributed by atoms with Gasteiger partial charge in [0.1, 0.15) is 11.8 Å². The number of amides is 1. The number of rotatable bonds is 9. The van der Waals surface area contributed by atoms with Gasteiger partial charge in [0.15, 0.2) is 0 Å².